The molecule has 0 saturated heterocycles. The van der Waals surface area contributed by atoms with Gasteiger partial charge in [-0.15, -0.1) is 0 Å². The molecule has 1 fully saturated rings. The average molecular weight is 281 g/mol. The zero-order chi connectivity index (χ0) is 13.4. The molecule has 0 radical (unpaired) electrons. The Hall–Kier alpha value is -1.36. The van der Waals surface area contributed by atoms with Crippen molar-refractivity contribution in [3.05, 3.63) is 11.5 Å². The topological polar surface area (TPSA) is 58.1 Å². The number of aldehydes is 1. The molecule has 1 aliphatic heterocycles. The van der Waals surface area contributed by atoms with Crippen molar-refractivity contribution >= 4 is 29.4 Å². The molecule has 102 valence electrons. The summed E-state index contributed by atoms with van der Waals surface area (Å²) < 4.78 is 0. The average Bonchev–Trinajstić information content (AvgIpc) is 2.36. The first-order valence-corrected chi connectivity index (χ1v) is 7.15. The van der Waals surface area contributed by atoms with Crippen LogP contribution in [0.1, 0.15) is 32.6 Å². The molecule has 2 aliphatic rings. The van der Waals surface area contributed by atoms with Crippen molar-refractivity contribution < 1.29 is 4.79 Å². The highest BCUT2D eigenvalue weighted by atomic mass is 35.5. The van der Waals surface area contributed by atoms with Gasteiger partial charge in [0.2, 0.25) is 5.28 Å². The number of fused-ring (bicyclic) bond motifs is 1. The lowest BCUT2D eigenvalue weighted by atomic mass is 9.87. The van der Waals surface area contributed by atoms with Gasteiger partial charge in [-0.05, 0) is 37.3 Å². The molecule has 1 aromatic rings. The summed E-state index contributed by atoms with van der Waals surface area (Å²) in [6.07, 6.45) is 7.10. The van der Waals surface area contributed by atoms with Gasteiger partial charge in [-0.25, -0.2) is 4.98 Å². The Labute approximate surface area is 117 Å². The van der Waals surface area contributed by atoms with E-state index in [0.717, 1.165) is 37.1 Å². The Kier molecular flexibility index (Phi) is 3.31. The number of aromatic nitrogens is 2. The molecule has 0 amide bonds. The molecular formula is C13H17ClN4O. The van der Waals surface area contributed by atoms with Crippen molar-refractivity contribution in [1.29, 1.82) is 0 Å². The maximum absolute atomic E-state index is 11.3. The van der Waals surface area contributed by atoms with E-state index in [4.69, 9.17) is 11.6 Å². The smallest absolute Gasteiger partial charge is 0.224 e. The number of hydrogen-bond acceptors (Lipinski definition) is 5. The third-order valence-corrected chi connectivity index (χ3v) is 4.29. The fourth-order valence-corrected chi connectivity index (χ4v) is 3.07. The second-order valence-corrected chi connectivity index (χ2v) is 5.49. The minimum absolute atomic E-state index is 0.140. The van der Waals surface area contributed by atoms with Crippen molar-refractivity contribution in [2.45, 2.75) is 50.7 Å². The van der Waals surface area contributed by atoms with Gasteiger partial charge in [-0.2, -0.15) is 4.98 Å². The number of rotatable bonds is 3. The fourth-order valence-electron chi connectivity index (χ4n) is 2.94. The number of carbonyl (C=O) groups excluding carboxylic acids is 1. The van der Waals surface area contributed by atoms with Crippen LogP contribution in [0.15, 0.2) is 6.20 Å². The highest BCUT2D eigenvalue weighted by Gasteiger charge is 2.39. The van der Waals surface area contributed by atoms with Crippen LogP contribution in [-0.2, 0) is 4.79 Å². The summed E-state index contributed by atoms with van der Waals surface area (Å²) in [5, 5.41) is 3.47. The quantitative estimate of drug-likeness (QED) is 0.680. The van der Waals surface area contributed by atoms with Gasteiger partial charge in [-0.1, -0.05) is 6.92 Å². The Bertz CT molecular complexity index is 492. The highest BCUT2D eigenvalue weighted by Crippen LogP contribution is 2.39. The third-order valence-electron chi connectivity index (χ3n) is 4.11. The van der Waals surface area contributed by atoms with Crippen molar-refractivity contribution in [1.82, 2.24) is 9.97 Å². The van der Waals surface area contributed by atoms with E-state index in [1.165, 1.54) is 6.42 Å². The molecule has 5 nitrogen and oxygen atoms in total. The zero-order valence-corrected chi connectivity index (χ0v) is 11.6. The van der Waals surface area contributed by atoms with Crippen LogP contribution in [0.3, 0.4) is 0 Å². The monoisotopic (exact) mass is 280 g/mol. The zero-order valence-electron chi connectivity index (χ0n) is 10.8. The summed E-state index contributed by atoms with van der Waals surface area (Å²) >= 11 is 5.92. The number of carbonyl (C=O) groups is 1. The molecule has 2 unspecified atom stereocenters. The molecule has 0 bridgehead atoms. The standard InChI is InChI=1S/C13H17ClN4O/c1-2-11-10(7-19)16-9-6-15-13(14)17-12(9)18(11)8-4-3-5-8/h6-8,10-11,16H,2-5H2,1H3. The number of nitrogens with zero attached hydrogens (tertiary/aromatic N) is 3. The second kappa shape index (κ2) is 4.96. The van der Waals surface area contributed by atoms with Gasteiger partial charge >= 0.3 is 0 Å². The first-order valence-electron chi connectivity index (χ1n) is 6.77. The van der Waals surface area contributed by atoms with Gasteiger partial charge in [-0.3, -0.25) is 0 Å². The van der Waals surface area contributed by atoms with E-state index >= 15 is 0 Å². The summed E-state index contributed by atoms with van der Waals surface area (Å²) in [5.41, 5.74) is 0.804. The van der Waals surface area contributed by atoms with Gasteiger partial charge in [0.1, 0.15) is 12.3 Å². The molecule has 19 heavy (non-hydrogen) atoms. The second-order valence-electron chi connectivity index (χ2n) is 5.15. The van der Waals surface area contributed by atoms with Gasteiger partial charge in [0, 0.05) is 6.04 Å². The largest absolute Gasteiger partial charge is 0.370 e. The van der Waals surface area contributed by atoms with Crippen LogP contribution in [0, 0.1) is 0 Å². The first kappa shape index (κ1) is 12.7. The number of anilines is 2. The van der Waals surface area contributed by atoms with Crippen LogP contribution in [-0.4, -0.2) is 34.4 Å². The van der Waals surface area contributed by atoms with E-state index in [-0.39, 0.29) is 17.4 Å². The maximum Gasteiger partial charge on any atom is 0.224 e. The Morgan fingerprint density at radius 3 is 2.95 bits per heavy atom. The minimum atomic E-state index is -0.206. The highest BCUT2D eigenvalue weighted by molar-refractivity contribution is 6.28. The summed E-state index contributed by atoms with van der Waals surface area (Å²) in [7, 11) is 0. The number of hydrogen-bond donors (Lipinski definition) is 1. The predicted octanol–water partition coefficient (Wildman–Crippen LogP) is 2.26. The van der Waals surface area contributed by atoms with Gasteiger partial charge < -0.3 is 15.0 Å². The van der Waals surface area contributed by atoms with E-state index in [1.807, 2.05) is 0 Å². The lowest BCUT2D eigenvalue weighted by Crippen LogP contribution is -2.57. The summed E-state index contributed by atoms with van der Waals surface area (Å²) in [5.74, 6) is 0.842. The first-order chi connectivity index (χ1) is 9.24. The van der Waals surface area contributed by atoms with Gasteiger partial charge in [0.15, 0.2) is 5.82 Å². The molecule has 3 rings (SSSR count). The Morgan fingerprint density at radius 1 is 1.58 bits per heavy atom. The van der Waals surface area contributed by atoms with Crippen LogP contribution >= 0.6 is 11.6 Å². The summed E-state index contributed by atoms with van der Waals surface area (Å²) in [6, 6.07) is 0.406. The molecule has 1 aromatic heterocycles. The molecule has 2 atom stereocenters. The van der Waals surface area contributed by atoms with E-state index in [0.29, 0.717) is 6.04 Å². The van der Waals surface area contributed by atoms with E-state index in [1.54, 1.807) is 6.20 Å². The van der Waals surface area contributed by atoms with Crippen molar-refractivity contribution in [3.63, 3.8) is 0 Å². The molecule has 2 heterocycles. The molecule has 1 saturated carbocycles. The predicted molar refractivity (Wildman–Crippen MR) is 74.7 cm³/mol. The molecule has 0 aromatic carbocycles. The van der Waals surface area contributed by atoms with Crippen LogP contribution in [0.25, 0.3) is 0 Å². The Balaban J connectivity index is 2.05. The van der Waals surface area contributed by atoms with Crippen molar-refractivity contribution in [3.8, 4) is 0 Å². The van der Waals surface area contributed by atoms with Crippen molar-refractivity contribution in [2.24, 2.45) is 0 Å². The normalized spacial score (nSPS) is 26.3. The van der Waals surface area contributed by atoms with Crippen molar-refractivity contribution in [2.75, 3.05) is 10.2 Å². The van der Waals surface area contributed by atoms with E-state index in [2.05, 4.69) is 27.1 Å². The van der Waals surface area contributed by atoms with Gasteiger partial charge in [0.05, 0.1) is 17.9 Å². The fraction of sp³-hybridized carbons (Fsp3) is 0.615. The maximum atomic E-state index is 11.3. The molecular weight excluding hydrogens is 264 g/mol. The Morgan fingerprint density at radius 2 is 2.37 bits per heavy atom. The van der Waals surface area contributed by atoms with Crippen LogP contribution in [0.2, 0.25) is 5.28 Å². The molecule has 1 N–H and O–H groups in total. The van der Waals surface area contributed by atoms with Crippen LogP contribution in [0.4, 0.5) is 11.5 Å². The van der Waals surface area contributed by atoms with E-state index < -0.39 is 0 Å². The lowest BCUT2D eigenvalue weighted by Gasteiger charge is -2.48. The van der Waals surface area contributed by atoms with Crippen LogP contribution in [0.5, 0.6) is 0 Å². The number of halogens is 1. The van der Waals surface area contributed by atoms with Crippen LogP contribution < -0.4 is 10.2 Å². The third kappa shape index (κ3) is 2.06. The molecule has 0 spiro atoms. The summed E-state index contributed by atoms with van der Waals surface area (Å²) in [6.45, 7) is 2.10. The minimum Gasteiger partial charge on any atom is -0.370 e. The number of nitrogens with one attached hydrogen (secondary N) is 1. The molecule has 6 heteroatoms. The van der Waals surface area contributed by atoms with E-state index in [9.17, 15) is 4.79 Å². The lowest BCUT2D eigenvalue weighted by molar-refractivity contribution is -0.109. The molecule has 1 aliphatic carbocycles. The summed E-state index contributed by atoms with van der Waals surface area (Å²) in [4.78, 5) is 22.0. The van der Waals surface area contributed by atoms with Gasteiger partial charge in [0.25, 0.3) is 0 Å². The SMILES string of the molecule is CCC1C(C=O)Nc2cnc(Cl)nc2N1C1CCC1.